The van der Waals surface area contributed by atoms with Crippen LogP contribution in [0.15, 0.2) is 41.8 Å². The monoisotopic (exact) mass is 332 g/mol. The summed E-state index contributed by atoms with van der Waals surface area (Å²) in [5, 5.41) is 7.54. The van der Waals surface area contributed by atoms with E-state index in [0.717, 1.165) is 11.3 Å². The Hall–Kier alpha value is -2.34. The third-order valence-electron chi connectivity index (χ3n) is 3.21. The van der Waals surface area contributed by atoms with E-state index in [4.69, 9.17) is 4.74 Å². The number of hydrogen-bond acceptors (Lipinski definition) is 4. The van der Waals surface area contributed by atoms with E-state index in [1.165, 1.54) is 11.3 Å². The molecule has 1 aromatic carbocycles. The van der Waals surface area contributed by atoms with Crippen molar-refractivity contribution >= 4 is 23.2 Å². The van der Waals surface area contributed by atoms with E-state index in [0.29, 0.717) is 30.8 Å². The third-order valence-corrected chi connectivity index (χ3v) is 4.07. The van der Waals surface area contributed by atoms with Gasteiger partial charge in [0.1, 0.15) is 5.75 Å². The number of rotatable bonds is 8. The number of hydrogen-bond donors (Lipinski definition) is 2. The van der Waals surface area contributed by atoms with Gasteiger partial charge in [-0.05, 0) is 35.6 Å². The highest BCUT2D eigenvalue weighted by molar-refractivity contribution is 7.12. The molecule has 0 aliphatic rings. The maximum atomic E-state index is 11.9. The van der Waals surface area contributed by atoms with Crippen LogP contribution in [-0.2, 0) is 11.2 Å². The lowest BCUT2D eigenvalue weighted by Crippen LogP contribution is -2.30. The van der Waals surface area contributed by atoms with E-state index in [1.807, 2.05) is 35.7 Å². The predicted molar refractivity (Wildman–Crippen MR) is 91.0 cm³/mol. The smallest absolute Gasteiger partial charge is 0.261 e. The molecular weight excluding hydrogens is 312 g/mol. The molecule has 23 heavy (non-hydrogen) atoms. The number of carbonyl (C=O) groups excluding carboxylic acids is 2. The maximum Gasteiger partial charge on any atom is 0.261 e. The van der Waals surface area contributed by atoms with Gasteiger partial charge in [-0.2, -0.15) is 0 Å². The van der Waals surface area contributed by atoms with Crippen molar-refractivity contribution in [3.8, 4) is 5.75 Å². The topological polar surface area (TPSA) is 67.4 Å². The van der Waals surface area contributed by atoms with E-state index in [9.17, 15) is 9.59 Å². The molecule has 0 spiro atoms. The Bertz CT molecular complexity index is 641. The van der Waals surface area contributed by atoms with Crippen LogP contribution in [0.3, 0.4) is 0 Å². The van der Waals surface area contributed by atoms with Gasteiger partial charge in [-0.3, -0.25) is 9.59 Å². The Kier molecular flexibility index (Phi) is 6.62. The molecule has 0 radical (unpaired) electrons. The Morgan fingerprint density at radius 1 is 1.13 bits per heavy atom. The van der Waals surface area contributed by atoms with E-state index in [2.05, 4.69) is 10.6 Å². The van der Waals surface area contributed by atoms with Crippen LogP contribution in [0.2, 0.25) is 0 Å². The van der Waals surface area contributed by atoms with Gasteiger partial charge >= 0.3 is 0 Å². The average Bonchev–Trinajstić information content (AvgIpc) is 3.09. The van der Waals surface area contributed by atoms with E-state index < -0.39 is 0 Å². The van der Waals surface area contributed by atoms with Crippen LogP contribution in [0.5, 0.6) is 5.75 Å². The SMILES string of the molecule is COc1cccc(CC(=O)NCCCNC(=O)c2cccs2)c1. The van der Waals surface area contributed by atoms with Gasteiger partial charge in [-0.25, -0.2) is 0 Å². The second-order valence-electron chi connectivity index (χ2n) is 4.97. The lowest BCUT2D eigenvalue weighted by atomic mass is 10.1. The summed E-state index contributed by atoms with van der Waals surface area (Å²) in [5.74, 6) is 0.636. The van der Waals surface area contributed by atoms with Crippen molar-refractivity contribution in [1.82, 2.24) is 10.6 Å². The van der Waals surface area contributed by atoms with Crippen LogP contribution < -0.4 is 15.4 Å². The standard InChI is InChI=1S/C17H20N2O3S/c1-22-14-6-2-5-13(11-14)12-16(20)18-8-4-9-19-17(21)15-7-3-10-23-15/h2-3,5-7,10-11H,4,8-9,12H2,1H3,(H,18,20)(H,19,21). The third kappa shape index (κ3) is 5.75. The second kappa shape index (κ2) is 8.95. The first kappa shape index (κ1) is 17.0. The van der Waals surface area contributed by atoms with Gasteiger partial charge in [-0.15, -0.1) is 11.3 Å². The summed E-state index contributed by atoms with van der Waals surface area (Å²) in [6.07, 6.45) is 1.01. The summed E-state index contributed by atoms with van der Waals surface area (Å²) in [4.78, 5) is 24.3. The first-order valence-corrected chi connectivity index (χ1v) is 8.28. The van der Waals surface area contributed by atoms with Crippen molar-refractivity contribution in [3.05, 3.63) is 52.2 Å². The first-order valence-electron chi connectivity index (χ1n) is 7.40. The maximum absolute atomic E-state index is 11.9. The summed E-state index contributed by atoms with van der Waals surface area (Å²) in [7, 11) is 1.60. The Labute approximate surface area is 139 Å². The zero-order chi connectivity index (χ0) is 16.5. The van der Waals surface area contributed by atoms with Gasteiger partial charge in [0.15, 0.2) is 0 Å². The fourth-order valence-electron chi connectivity index (χ4n) is 2.04. The number of nitrogens with one attached hydrogen (secondary N) is 2. The number of amides is 2. The fraction of sp³-hybridized carbons (Fsp3) is 0.294. The largest absolute Gasteiger partial charge is 0.497 e. The summed E-state index contributed by atoms with van der Waals surface area (Å²) in [6, 6.07) is 11.1. The fourth-order valence-corrected chi connectivity index (χ4v) is 2.68. The summed E-state index contributed by atoms with van der Waals surface area (Å²) in [6.45, 7) is 1.07. The number of carbonyl (C=O) groups is 2. The summed E-state index contributed by atoms with van der Waals surface area (Å²) < 4.78 is 5.13. The molecule has 0 bridgehead atoms. The number of methoxy groups -OCH3 is 1. The van der Waals surface area contributed by atoms with Crippen molar-refractivity contribution in [3.63, 3.8) is 0 Å². The lowest BCUT2D eigenvalue weighted by Gasteiger charge is -2.07. The minimum atomic E-state index is -0.0669. The normalized spacial score (nSPS) is 10.1. The van der Waals surface area contributed by atoms with Crippen molar-refractivity contribution in [2.24, 2.45) is 0 Å². The molecule has 122 valence electrons. The number of thiophene rings is 1. The van der Waals surface area contributed by atoms with E-state index >= 15 is 0 Å². The molecule has 6 heteroatoms. The highest BCUT2D eigenvalue weighted by Crippen LogP contribution is 2.12. The van der Waals surface area contributed by atoms with Crippen LogP contribution in [0.4, 0.5) is 0 Å². The molecule has 0 saturated carbocycles. The molecule has 2 amide bonds. The van der Waals surface area contributed by atoms with Gasteiger partial charge in [-0.1, -0.05) is 18.2 Å². The van der Waals surface area contributed by atoms with Gasteiger partial charge in [0.05, 0.1) is 18.4 Å². The highest BCUT2D eigenvalue weighted by Gasteiger charge is 2.06. The van der Waals surface area contributed by atoms with Crippen molar-refractivity contribution in [2.45, 2.75) is 12.8 Å². The highest BCUT2D eigenvalue weighted by atomic mass is 32.1. The van der Waals surface area contributed by atoms with Gasteiger partial charge in [0.25, 0.3) is 5.91 Å². The molecule has 0 saturated heterocycles. The molecule has 0 atom stereocenters. The van der Waals surface area contributed by atoms with Crippen LogP contribution >= 0.6 is 11.3 Å². The molecule has 1 aromatic heterocycles. The molecule has 0 fully saturated rings. The average molecular weight is 332 g/mol. The molecule has 2 aromatic rings. The molecular formula is C17H20N2O3S. The minimum Gasteiger partial charge on any atom is -0.497 e. The molecule has 2 N–H and O–H groups in total. The predicted octanol–water partition coefficient (Wildman–Crippen LogP) is 2.24. The van der Waals surface area contributed by atoms with Gasteiger partial charge in [0.2, 0.25) is 5.91 Å². The zero-order valence-electron chi connectivity index (χ0n) is 13.0. The Balaban J connectivity index is 1.62. The lowest BCUT2D eigenvalue weighted by molar-refractivity contribution is -0.120. The molecule has 0 aliphatic heterocycles. The number of ether oxygens (including phenoxy) is 1. The van der Waals surface area contributed by atoms with Crippen LogP contribution in [0, 0.1) is 0 Å². The van der Waals surface area contributed by atoms with Crippen molar-refractivity contribution < 1.29 is 14.3 Å². The van der Waals surface area contributed by atoms with Gasteiger partial charge in [0, 0.05) is 13.1 Å². The Morgan fingerprint density at radius 3 is 2.70 bits per heavy atom. The van der Waals surface area contributed by atoms with Crippen LogP contribution in [0.25, 0.3) is 0 Å². The van der Waals surface area contributed by atoms with E-state index in [1.54, 1.807) is 13.2 Å². The second-order valence-corrected chi connectivity index (χ2v) is 5.91. The van der Waals surface area contributed by atoms with Crippen LogP contribution in [-0.4, -0.2) is 32.0 Å². The van der Waals surface area contributed by atoms with Crippen molar-refractivity contribution in [1.29, 1.82) is 0 Å². The molecule has 0 aliphatic carbocycles. The molecule has 1 heterocycles. The van der Waals surface area contributed by atoms with Gasteiger partial charge < -0.3 is 15.4 Å². The first-order chi connectivity index (χ1) is 11.2. The molecule has 5 nitrogen and oxygen atoms in total. The summed E-state index contributed by atoms with van der Waals surface area (Å²) in [5.41, 5.74) is 0.910. The zero-order valence-corrected chi connectivity index (χ0v) is 13.8. The summed E-state index contributed by atoms with van der Waals surface area (Å²) >= 11 is 1.41. The minimum absolute atomic E-state index is 0.0390. The number of benzene rings is 1. The Morgan fingerprint density at radius 2 is 1.96 bits per heavy atom. The van der Waals surface area contributed by atoms with Crippen LogP contribution in [0.1, 0.15) is 21.7 Å². The van der Waals surface area contributed by atoms with E-state index in [-0.39, 0.29) is 11.8 Å². The van der Waals surface area contributed by atoms with Crippen molar-refractivity contribution in [2.75, 3.05) is 20.2 Å². The molecule has 2 rings (SSSR count). The quantitative estimate of drug-likeness (QED) is 0.729. The molecule has 0 unspecified atom stereocenters.